The zero-order valence-electron chi connectivity index (χ0n) is 16.6. The van der Waals surface area contributed by atoms with Crippen LogP contribution >= 0.6 is 11.8 Å². The minimum atomic E-state index is 0.315. The standard InChI is InChI=1S/C22H31NO3S/c1-4-5-8-13-27-22-19(24)14-17(15-21(22)26-3)11-12-23-16-18-9-6-7-10-20(18)25-2/h6-7,9-10,14-15,23-24H,4-5,8,11-13,16H2,1-3H3. The lowest BCUT2D eigenvalue weighted by Crippen LogP contribution is -2.17. The predicted molar refractivity (Wildman–Crippen MR) is 113 cm³/mol. The third-order valence-corrected chi connectivity index (χ3v) is 5.60. The van der Waals surface area contributed by atoms with Crippen molar-refractivity contribution >= 4 is 11.8 Å². The second kappa shape index (κ2) is 11.8. The molecule has 0 unspecified atom stereocenters. The molecular formula is C22H31NO3S. The van der Waals surface area contributed by atoms with E-state index in [1.165, 1.54) is 12.8 Å². The second-order valence-electron chi connectivity index (χ2n) is 6.44. The van der Waals surface area contributed by atoms with Crippen molar-refractivity contribution in [2.24, 2.45) is 0 Å². The number of aromatic hydroxyl groups is 1. The quantitative estimate of drug-likeness (QED) is 0.394. The smallest absolute Gasteiger partial charge is 0.136 e. The Morgan fingerprint density at radius 1 is 1.04 bits per heavy atom. The largest absolute Gasteiger partial charge is 0.507 e. The van der Waals surface area contributed by atoms with Crippen LogP contribution < -0.4 is 14.8 Å². The summed E-state index contributed by atoms with van der Waals surface area (Å²) in [6.07, 6.45) is 4.38. The summed E-state index contributed by atoms with van der Waals surface area (Å²) in [5.74, 6) is 2.97. The Morgan fingerprint density at radius 2 is 1.81 bits per heavy atom. The van der Waals surface area contributed by atoms with Crippen molar-refractivity contribution in [1.29, 1.82) is 0 Å². The number of phenolic OH excluding ortho intramolecular Hbond substituents is 1. The molecule has 0 aliphatic heterocycles. The van der Waals surface area contributed by atoms with Crippen LogP contribution in [0.2, 0.25) is 0 Å². The third kappa shape index (κ3) is 6.67. The molecule has 4 nitrogen and oxygen atoms in total. The lowest BCUT2D eigenvalue weighted by molar-refractivity contribution is 0.390. The fourth-order valence-electron chi connectivity index (χ4n) is 2.92. The van der Waals surface area contributed by atoms with E-state index in [4.69, 9.17) is 9.47 Å². The van der Waals surface area contributed by atoms with Gasteiger partial charge in [0.2, 0.25) is 0 Å². The van der Waals surface area contributed by atoms with Gasteiger partial charge in [0.1, 0.15) is 17.2 Å². The van der Waals surface area contributed by atoms with Gasteiger partial charge in [0.25, 0.3) is 0 Å². The van der Waals surface area contributed by atoms with Gasteiger partial charge in [-0.05, 0) is 48.9 Å². The molecule has 0 aliphatic rings. The first-order valence-electron chi connectivity index (χ1n) is 9.54. The van der Waals surface area contributed by atoms with Gasteiger partial charge in [-0.15, -0.1) is 11.8 Å². The Labute approximate surface area is 167 Å². The van der Waals surface area contributed by atoms with Crippen LogP contribution in [-0.4, -0.2) is 31.6 Å². The van der Waals surface area contributed by atoms with Crippen LogP contribution in [0, 0.1) is 0 Å². The van der Waals surface area contributed by atoms with Gasteiger partial charge in [-0.3, -0.25) is 0 Å². The summed E-state index contributed by atoms with van der Waals surface area (Å²) in [5, 5.41) is 13.9. The fraction of sp³-hybridized carbons (Fsp3) is 0.455. The van der Waals surface area contributed by atoms with Gasteiger partial charge in [0, 0.05) is 12.1 Å². The number of ether oxygens (including phenoxy) is 2. The van der Waals surface area contributed by atoms with Crippen molar-refractivity contribution in [1.82, 2.24) is 5.32 Å². The number of benzene rings is 2. The zero-order valence-corrected chi connectivity index (χ0v) is 17.4. The number of phenols is 1. The zero-order chi connectivity index (χ0) is 19.5. The van der Waals surface area contributed by atoms with E-state index < -0.39 is 0 Å². The maximum atomic E-state index is 10.4. The van der Waals surface area contributed by atoms with Crippen LogP contribution in [0.3, 0.4) is 0 Å². The maximum absolute atomic E-state index is 10.4. The molecule has 0 saturated heterocycles. The molecular weight excluding hydrogens is 358 g/mol. The van der Waals surface area contributed by atoms with E-state index in [-0.39, 0.29) is 0 Å². The number of nitrogens with one attached hydrogen (secondary N) is 1. The molecule has 2 aromatic rings. The first-order valence-corrected chi connectivity index (χ1v) is 10.5. The van der Waals surface area contributed by atoms with Crippen molar-refractivity contribution in [2.75, 3.05) is 26.5 Å². The summed E-state index contributed by atoms with van der Waals surface area (Å²) < 4.78 is 10.9. The normalized spacial score (nSPS) is 10.8. The highest BCUT2D eigenvalue weighted by molar-refractivity contribution is 7.99. The average molecular weight is 390 g/mol. The maximum Gasteiger partial charge on any atom is 0.136 e. The van der Waals surface area contributed by atoms with Gasteiger partial charge in [0.05, 0.1) is 19.1 Å². The van der Waals surface area contributed by atoms with Gasteiger partial charge < -0.3 is 19.9 Å². The van der Waals surface area contributed by atoms with E-state index in [2.05, 4.69) is 18.3 Å². The molecule has 2 aromatic carbocycles. The summed E-state index contributed by atoms with van der Waals surface area (Å²) in [4.78, 5) is 0.847. The van der Waals surface area contributed by atoms with Crippen LogP contribution in [0.15, 0.2) is 41.3 Å². The monoisotopic (exact) mass is 389 g/mol. The number of hydrogen-bond donors (Lipinski definition) is 2. The van der Waals surface area contributed by atoms with E-state index in [0.717, 1.165) is 59.2 Å². The number of rotatable bonds is 12. The van der Waals surface area contributed by atoms with Gasteiger partial charge in [-0.25, -0.2) is 0 Å². The van der Waals surface area contributed by atoms with Crippen molar-refractivity contribution in [2.45, 2.75) is 44.0 Å². The molecule has 27 heavy (non-hydrogen) atoms. The molecule has 0 radical (unpaired) electrons. The van der Waals surface area contributed by atoms with E-state index in [9.17, 15) is 5.11 Å². The summed E-state index contributed by atoms with van der Waals surface area (Å²) in [6, 6.07) is 11.9. The van der Waals surface area contributed by atoms with Crippen molar-refractivity contribution in [3.63, 3.8) is 0 Å². The van der Waals surface area contributed by atoms with Gasteiger partial charge >= 0.3 is 0 Å². The Balaban J connectivity index is 1.89. The number of hydrogen-bond acceptors (Lipinski definition) is 5. The number of thioether (sulfide) groups is 1. The summed E-state index contributed by atoms with van der Waals surface area (Å²) in [6.45, 7) is 3.75. The van der Waals surface area contributed by atoms with E-state index in [0.29, 0.717) is 5.75 Å². The van der Waals surface area contributed by atoms with Crippen molar-refractivity contribution in [3.05, 3.63) is 47.5 Å². The van der Waals surface area contributed by atoms with Gasteiger partial charge in [-0.1, -0.05) is 38.0 Å². The Hall–Kier alpha value is -1.85. The highest BCUT2D eigenvalue weighted by atomic mass is 32.2. The molecule has 0 spiro atoms. The molecule has 2 rings (SSSR count). The Kier molecular flexibility index (Phi) is 9.36. The first kappa shape index (κ1) is 21.5. The van der Waals surface area contributed by atoms with Crippen LogP contribution in [0.4, 0.5) is 0 Å². The minimum absolute atomic E-state index is 0.315. The number of unbranched alkanes of at least 4 members (excludes halogenated alkanes) is 2. The van der Waals surface area contributed by atoms with Crippen LogP contribution in [0.25, 0.3) is 0 Å². The van der Waals surface area contributed by atoms with E-state index in [1.54, 1.807) is 26.0 Å². The number of methoxy groups -OCH3 is 2. The Bertz CT molecular complexity index is 706. The SMILES string of the molecule is CCCCCSc1c(O)cc(CCNCc2ccccc2OC)cc1OC. The summed E-state index contributed by atoms with van der Waals surface area (Å²) >= 11 is 1.67. The van der Waals surface area contributed by atoms with Crippen LogP contribution in [0.1, 0.15) is 37.3 Å². The highest BCUT2D eigenvalue weighted by Gasteiger charge is 2.12. The average Bonchev–Trinajstić information content (AvgIpc) is 2.69. The third-order valence-electron chi connectivity index (χ3n) is 4.41. The second-order valence-corrected chi connectivity index (χ2v) is 7.55. The molecule has 0 aromatic heterocycles. The van der Waals surface area contributed by atoms with Crippen molar-refractivity contribution in [3.8, 4) is 17.2 Å². The predicted octanol–water partition coefficient (Wildman–Crippen LogP) is 5.02. The molecule has 2 N–H and O–H groups in total. The molecule has 0 heterocycles. The molecule has 0 aliphatic carbocycles. The van der Waals surface area contributed by atoms with Crippen LogP contribution in [-0.2, 0) is 13.0 Å². The molecule has 148 valence electrons. The van der Waals surface area contributed by atoms with Crippen molar-refractivity contribution < 1.29 is 14.6 Å². The fourth-order valence-corrected chi connectivity index (χ4v) is 3.96. The highest BCUT2D eigenvalue weighted by Crippen LogP contribution is 2.38. The molecule has 0 fully saturated rings. The van der Waals surface area contributed by atoms with E-state index in [1.807, 2.05) is 30.3 Å². The first-order chi connectivity index (χ1) is 13.2. The summed E-state index contributed by atoms with van der Waals surface area (Å²) in [7, 11) is 3.35. The van der Waals surface area contributed by atoms with Crippen LogP contribution in [0.5, 0.6) is 17.2 Å². The van der Waals surface area contributed by atoms with Gasteiger partial charge in [0.15, 0.2) is 0 Å². The molecule has 0 bridgehead atoms. The minimum Gasteiger partial charge on any atom is -0.507 e. The molecule has 0 amide bonds. The summed E-state index contributed by atoms with van der Waals surface area (Å²) in [5.41, 5.74) is 2.20. The van der Waals surface area contributed by atoms with E-state index >= 15 is 0 Å². The number of para-hydroxylation sites is 1. The molecule has 0 saturated carbocycles. The lowest BCUT2D eigenvalue weighted by atomic mass is 10.1. The topological polar surface area (TPSA) is 50.7 Å². The lowest BCUT2D eigenvalue weighted by Gasteiger charge is -2.13. The Morgan fingerprint density at radius 3 is 2.56 bits per heavy atom. The van der Waals surface area contributed by atoms with Gasteiger partial charge in [-0.2, -0.15) is 0 Å². The molecule has 5 heteroatoms. The molecule has 0 atom stereocenters.